The van der Waals surface area contributed by atoms with Gasteiger partial charge in [-0.2, -0.15) is 0 Å². The topological polar surface area (TPSA) is 86.8 Å². The Morgan fingerprint density at radius 1 is 1.09 bits per heavy atom. The van der Waals surface area contributed by atoms with Gasteiger partial charge in [0.2, 0.25) is 21.8 Å². The minimum absolute atomic E-state index is 0.0829. The molecule has 2 rings (SSSR count). The number of hydrogen-bond donors (Lipinski definition) is 1. The second-order valence-electron chi connectivity index (χ2n) is 7.54. The number of halogens is 1. The molecule has 1 atom stereocenters. The molecule has 2 amide bonds. The summed E-state index contributed by atoms with van der Waals surface area (Å²) >= 11 is 6.31. The highest BCUT2D eigenvalue weighted by Crippen LogP contribution is 2.22. The van der Waals surface area contributed by atoms with Crippen molar-refractivity contribution in [3.63, 3.8) is 0 Å². The third kappa shape index (κ3) is 6.71. The third-order valence-electron chi connectivity index (χ3n) is 5.00. The molecule has 0 heterocycles. The fourth-order valence-electron chi connectivity index (χ4n) is 3.42. The minimum Gasteiger partial charge on any atom is -0.355 e. The second kappa shape index (κ2) is 11.3. The van der Waals surface area contributed by atoms with E-state index in [-0.39, 0.29) is 12.5 Å². The summed E-state index contributed by atoms with van der Waals surface area (Å²) in [5.74, 6) is -0.785. The highest BCUT2D eigenvalue weighted by molar-refractivity contribution is 7.92. The monoisotopic (exact) mass is 479 g/mol. The van der Waals surface area contributed by atoms with Crippen LogP contribution >= 0.6 is 11.6 Å². The van der Waals surface area contributed by atoms with E-state index in [4.69, 9.17) is 11.6 Å². The molecule has 7 nitrogen and oxygen atoms in total. The van der Waals surface area contributed by atoms with Gasteiger partial charge in [-0.3, -0.25) is 13.9 Å². The number of nitrogens with zero attached hydrogens (tertiary/aromatic N) is 2. The van der Waals surface area contributed by atoms with Crippen molar-refractivity contribution in [3.05, 3.63) is 64.7 Å². The van der Waals surface area contributed by atoms with Crippen LogP contribution < -0.4 is 9.62 Å². The molecule has 0 bridgehead atoms. The maximum atomic E-state index is 13.5. The first kappa shape index (κ1) is 25.7. The van der Waals surface area contributed by atoms with E-state index >= 15 is 0 Å². The number of aryl methyl sites for hydroxylation is 1. The molecule has 2 aromatic rings. The van der Waals surface area contributed by atoms with Crippen molar-refractivity contribution in [2.24, 2.45) is 0 Å². The number of carbonyl (C=O) groups excluding carboxylic acids is 2. The smallest absolute Gasteiger partial charge is 0.244 e. The highest BCUT2D eigenvalue weighted by atomic mass is 35.5. The lowest BCUT2D eigenvalue weighted by Gasteiger charge is -2.33. The van der Waals surface area contributed by atoms with Crippen LogP contribution in [-0.4, -0.2) is 50.5 Å². The Balaban J connectivity index is 2.45. The van der Waals surface area contributed by atoms with Crippen molar-refractivity contribution < 1.29 is 18.0 Å². The number of nitrogens with one attached hydrogen (secondary N) is 1. The maximum absolute atomic E-state index is 13.5. The van der Waals surface area contributed by atoms with E-state index in [2.05, 4.69) is 5.32 Å². The maximum Gasteiger partial charge on any atom is 0.244 e. The van der Waals surface area contributed by atoms with Gasteiger partial charge in [0.15, 0.2) is 0 Å². The fraction of sp³-hybridized carbons (Fsp3) is 0.391. The molecular weight excluding hydrogens is 450 g/mol. The van der Waals surface area contributed by atoms with Gasteiger partial charge in [-0.25, -0.2) is 8.42 Å². The number of likely N-dealkylation sites (N-methyl/N-ethyl adjacent to an activating group) is 1. The molecule has 0 aliphatic rings. The predicted octanol–water partition coefficient (Wildman–Crippen LogP) is 3.36. The Morgan fingerprint density at radius 3 is 2.34 bits per heavy atom. The number of hydrogen-bond acceptors (Lipinski definition) is 4. The lowest BCUT2D eigenvalue weighted by molar-refractivity contribution is -0.140. The van der Waals surface area contributed by atoms with Crippen LogP contribution in [0.15, 0.2) is 48.5 Å². The zero-order valence-electron chi connectivity index (χ0n) is 18.8. The molecule has 32 heavy (non-hydrogen) atoms. The fourth-order valence-corrected chi connectivity index (χ4v) is 4.46. The summed E-state index contributed by atoms with van der Waals surface area (Å²) in [7, 11) is -3.75. The highest BCUT2D eigenvalue weighted by Gasteiger charge is 2.31. The molecule has 0 radical (unpaired) electrons. The third-order valence-corrected chi connectivity index (χ3v) is 6.51. The van der Waals surface area contributed by atoms with Gasteiger partial charge in [0.1, 0.15) is 12.6 Å². The van der Waals surface area contributed by atoms with Crippen LogP contribution in [0.5, 0.6) is 0 Å². The van der Waals surface area contributed by atoms with Gasteiger partial charge in [0, 0.05) is 18.1 Å². The zero-order valence-corrected chi connectivity index (χ0v) is 20.4. The summed E-state index contributed by atoms with van der Waals surface area (Å²) in [6.45, 7) is 5.53. The van der Waals surface area contributed by atoms with Crippen molar-refractivity contribution >= 4 is 39.1 Å². The van der Waals surface area contributed by atoms with E-state index in [1.807, 2.05) is 19.9 Å². The Bertz CT molecular complexity index is 1060. The van der Waals surface area contributed by atoms with E-state index < -0.39 is 28.5 Å². The van der Waals surface area contributed by atoms with Crippen LogP contribution in [0.2, 0.25) is 5.02 Å². The summed E-state index contributed by atoms with van der Waals surface area (Å²) in [4.78, 5) is 27.6. The summed E-state index contributed by atoms with van der Waals surface area (Å²) in [6, 6.07) is 13.2. The van der Waals surface area contributed by atoms with Crippen LogP contribution in [0.25, 0.3) is 0 Å². The van der Waals surface area contributed by atoms with E-state index in [0.717, 1.165) is 16.1 Å². The lowest BCUT2D eigenvalue weighted by atomic mass is 10.1. The Kier molecular flexibility index (Phi) is 9.09. The first-order chi connectivity index (χ1) is 15.1. The number of rotatable bonds is 10. The molecule has 0 fully saturated rings. The van der Waals surface area contributed by atoms with Gasteiger partial charge < -0.3 is 10.2 Å². The van der Waals surface area contributed by atoms with Crippen LogP contribution in [-0.2, 0) is 26.2 Å². The lowest BCUT2D eigenvalue weighted by Crippen LogP contribution is -2.52. The van der Waals surface area contributed by atoms with Crippen molar-refractivity contribution in [3.8, 4) is 0 Å². The Labute approximate surface area is 195 Å². The summed E-state index contributed by atoms with van der Waals surface area (Å²) < 4.78 is 26.2. The average molecular weight is 480 g/mol. The number of carbonyl (C=O) groups is 2. The average Bonchev–Trinajstić information content (AvgIpc) is 2.72. The molecule has 0 saturated carbocycles. The molecule has 0 unspecified atom stereocenters. The van der Waals surface area contributed by atoms with Gasteiger partial charge in [0.25, 0.3) is 0 Å². The summed E-state index contributed by atoms with van der Waals surface area (Å²) in [5, 5.41) is 3.22. The largest absolute Gasteiger partial charge is 0.355 e. The minimum atomic E-state index is -3.75. The van der Waals surface area contributed by atoms with Crippen LogP contribution in [0.3, 0.4) is 0 Å². The zero-order chi connectivity index (χ0) is 23.9. The van der Waals surface area contributed by atoms with E-state index in [1.54, 1.807) is 49.4 Å². The number of amides is 2. The molecule has 9 heteroatoms. The first-order valence-corrected chi connectivity index (χ1v) is 12.7. The number of benzene rings is 2. The standard InChI is InChI=1S/C23H30ClN3O4S/c1-5-21(23(29)25-6-2)26(15-18-11-7-8-13-20(18)24)22(28)16-27(32(4,30)31)19-12-9-10-17(3)14-19/h7-14,21H,5-6,15-16H2,1-4H3,(H,25,29)/t21-/m0/s1. The number of anilines is 1. The molecule has 0 saturated heterocycles. The molecule has 0 aliphatic carbocycles. The van der Waals surface area contributed by atoms with Crippen LogP contribution in [0, 0.1) is 6.92 Å². The molecular formula is C23H30ClN3O4S. The Hall–Kier alpha value is -2.58. The normalized spacial score (nSPS) is 12.2. The van der Waals surface area contributed by atoms with Crippen molar-refractivity contribution in [2.45, 2.75) is 39.8 Å². The van der Waals surface area contributed by atoms with E-state index in [0.29, 0.717) is 29.2 Å². The van der Waals surface area contributed by atoms with Crippen molar-refractivity contribution in [1.82, 2.24) is 10.2 Å². The van der Waals surface area contributed by atoms with Crippen LogP contribution in [0.4, 0.5) is 5.69 Å². The SMILES string of the molecule is CCNC(=O)[C@H](CC)N(Cc1ccccc1Cl)C(=O)CN(c1cccc(C)c1)S(C)(=O)=O. The van der Waals surface area contributed by atoms with Crippen molar-refractivity contribution in [2.75, 3.05) is 23.7 Å². The van der Waals surface area contributed by atoms with Gasteiger partial charge in [-0.15, -0.1) is 0 Å². The molecule has 1 N–H and O–H groups in total. The predicted molar refractivity (Wildman–Crippen MR) is 128 cm³/mol. The summed E-state index contributed by atoms with van der Waals surface area (Å²) in [6.07, 6.45) is 1.42. The van der Waals surface area contributed by atoms with Gasteiger partial charge >= 0.3 is 0 Å². The quantitative estimate of drug-likeness (QED) is 0.566. The van der Waals surface area contributed by atoms with Gasteiger partial charge in [0.05, 0.1) is 11.9 Å². The number of sulfonamides is 1. The molecule has 0 aromatic heterocycles. The van der Waals surface area contributed by atoms with E-state index in [9.17, 15) is 18.0 Å². The Morgan fingerprint density at radius 2 is 1.78 bits per heavy atom. The van der Waals surface area contributed by atoms with Crippen molar-refractivity contribution in [1.29, 1.82) is 0 Å². The molecule has 2 aromatic carbocycles. The molecule has 0 spiro atoms. The first-order valence-electron chi connectivity index (χ1n) is 10.4. The molecule has 174 valence electrons. The molecule has 0 aliphatic heterocycles. The van der Waals surface area contributed by atoms with E-state index in [1.165, 1.54) is 4.90 Å². The summed E-state index contributed by atoms with van der Waals surface area (Å²) in [5.41, 5.74) is 1.93. The van der Waals surface area contributed by atoms with Crippen LogP contribution in [0.1, 0.15) is 31.4 Å². The van der Waals surface area contributed by atoms with Gasteiger partial charge in [-0.1, -0.05) is 48.9 Å². The second-order valence-corrected chi connectivity index (χ2v) is 9.85. The van der Waals surface area contributed by atoms with Gasteiger partial charge in [-0.05, 0) is 49.6 Å².